The van der Waals surface area contributed by atoms with Crippen molar-refractivity contribution in [2.24, 2.45) is 5.41 Å². The zero-order valence-corrected chi connectivity index (χ0v) is 10.6. The van der Waals surface area contributed by atoms with E-state index in [0.717, 1.165) is 0 Å². The van der Waals surface area contributed by atoms with Crippen molar-refractivity contribution in [2.45, 2.75) is 52.4 Å². The average molecular weight is 228 g/mol. The highest BCUT2D eigenvalue weighted by Gasteiger charge is 2.60. The van der Waals surface area contributed by atoms with E-state index in [4.69, 9.17) is 14.5 Å². The molecule has 0 amide bonds. The predicted octanol–water partition coefficient (Wildman–Crippen LogP) is 2.59. The first-order chi connectivity index (χ1) is 7.10. The Hall–Kier alpha value is -0.870. The van der Waals surface area contributed by atoms with Gasteiger partial charge in [0.15, 0.2) is 0 Å². The molecule has 0 unspecified atom stereocenters. The van der Waals surface area contributed by atoms with Crippen LogP contribution in [-0.2, 0) is 19.3 Å². The van der Waals surface area contributed by atoms with Gasteiger partial charge in [-0.05, 0) is 25.3 Å². The van der Waals surface area contributed by atoms with Gasteiger partial charge in [-0.3, -0.25) is 0 Å². The van der Waals surface area contributed by atoms with E-state index in [0.29, 0.717) is 6.42 Å². The second-order valence-corrected chi connectivity index (χ2v) is 5.85. The van der Waals surface area contributed by atoms with Crippen LogP contribution in [0.4, 0.5) is 0 Å². The number of ether oxygens (including phenoxy) is 1. The van der Waals surface area contributed by atoms with E-state index in [1.807, 2.05) is 20.8 Å². The van der Waals surface area contributed by atoms with Crippen LogP contribution in [0.2, 0.25) is 0 Å². The molecule has 1 fully saturated rings. The van der Waals surface area contributed by atoms with Gasteiger partial charge in [0.2, 0.25) is 0 Å². The summed E-state index contributed by atoms with van der Waals surface area (Å²) >= 11 is 0. The Balaban J connectivity index is 2.64. The molecule has 92 valence electrons. The molecule has 4 nitrogen and oxygen atoms in total. The van der Waals surface area contributed by atoms with Gasteiger partial charge in [0.25, 0.3) is 0 Å². The molecule has 1 heterocycles. The third kappa shape index (κ3) is 3.32. The fraction of sp³-hybridized carbons (Fsp3) is 0.750. The number of rotatable bonds is 4. The van der Waals surface area contributed by atoms with Crippen LogP contribution >= 0.6 is 0 Å². The molecule has 0 bridgehead atoms. The molecule has 0 aromatic heterocycles. The molecular weight excluding hydrogens is 208 g/mol. The first kappa shape index (κ1) is 13.2. The molecule has 16 heavy (non-hydrogen) atoms. The maximum atomic E-state index is 11.9. The minimum atomic E-state index is -1.21. The first-order valence-corrected chi connectivity index (χ1v) is 5.34. The summed E-state index contributed by atoms with van der Waals surface area (Å²) in [6.45, 7) is 13.1. The van der Waals surface area contributed by atoms with Crippen LogP contribution < -0.4 is 0 Å². The quantitative estimate of drug-likeness (QED) is 0.321. The van der Waals surface area contributed by atoms with Gasteiger partial charge >= 0.3 is 11.8 Å². The average Bonchev–Trinajstić information content (AvgIpc) is 2.82. The molecule has 0 aromatic carbocycles. The smallest absolute Gasteiger partial charge is 0.373 e. The summed E-state index contributed by atoms with van der Waals surface area (Å²) in [5, 5.41) is 0. The first-order valence-electron chi connectivity index (χ1n) is 5.34. The second-order valence-electron chi connectivity index (χ2n) is 5.85. The summed E-state index contributed by atoms with van der Waals surface area (Å²) in [5.74, 6) is -1.70. The zero-order chi connectivity index (χ0) is 12.6. The maximum absolute atomic E-state index is 11.9. The Morgan fingerprint density at radius 2 is 1.81 bits per heavy atom. The van der Waals surface area contributed by atoms with Crippen molar-refractivity contribution in [3.05, 3.63) is 12.7 Å². The van der Waals surface area contributed by atoms with Crippen LogP contribution in [0.1, 0.15) is 41.0 Å². The fourth-order valence-electron chi connectivity index (χ4n) is 1.31. The lowest BCUT2D eigenvalue weighted by molar-refractivity contribution is -0.161. The van der Waals surface area contributed by atoms with Crippen LogP contribution in [0, 0.1) is 5.41 Å². The van der Waals surface area contributed by atoms with Crippen molar-refractivity contribution in [1.82, 2.24) is 0 Å². The normalized spacial score (nSPS) is 19.1. The monoisotopic (exact) mass is 228 g/mol. The highest BCUT2D eigenvalue weighted by Crippen LogP contribution is 2.42. The summed E-state index contributed by atoms with van der Waals surface area (Å²) in [4.78, 5) is 21.5. The Morgan fingerprint density at radius 1 is 1.31 bits per heavy atom. The van der Waals surface area contributed by atoms with E-state index >= 15 is 0 Å². The van der Waals surface area contributed by atoms with Gasteiger partial charge in [0, 0.05) is 6.42 Å². The Kier molecular flexibility index (Phi) is 3.18. The van der Waals surface area contributed by atoms with E-state index in [1.54, 1.807) is 19.9 Å². The van der Waals surface area contributed by atoms with Crippen molar-refractivity contribution < 1.29 is 19.3 Å². The van der Waals surface area contributed by atoms with Crippen molar-refractivity contribution in [1.29, 1.82) is 0 Å². The molecule has 4 heteroatoms. The maximum Gasteiger partial charge on any atom is 0.373 e. The summed E-state index contributed by atoms with van der Waals surface area (Å²) in [7, 11) is 0. The highest BCUT2D eigenvalue weighted by atomic mass is 17.4. The predicted molar refractivity (Wildman–Crippen MR) is 59.3 cm³/mol. The summed E-state index contributed by atoms with van der Waals surface area (Å²) < 4.78 is 5.25. The van der Waals surface area contributed by atoms with E-state index < -0.39 is 17.4 Å². The lowest BCUT2D eigenvalue weighted by atomic mass is 9.88. The lowest BCUT2D eigenvalue weighted by Gasteiger charge is -2.24. The third-order valence-electron chi connectivity index (χ3n) is 2.21. The second kappa shape index (κ2) is 3.86. The largest absolute Gasteiger partial charge is 0.451 e. The molecule has 1 rings (SSSR count). The zero-order valence-electron chi connectivity index (χ0n) is 10.6. The molecule has 1 saturated heterocycles. The van der Waals surface area contributed by atoms with Crippen LogP contribution in [0.15, 0.2) is 12.7 Å². The van der Waals surface area contributed by atoms with Gasteiger partial charge in [-0.2, -0.15) is 9.78 Å². The van der Waals surface area contributed by atoms with Gasteiger partial charge < -0.3 is 4.74 Å². The molecule has 0 atom stereocenters. The van der Waals surface area contributed by atoms with Crippen molar-refractivity contribution >= 4 is 5.97 Å². The Labute approximate surface area is 96.5 Å². The van der Waals surface area contributed by atoms with Crippen LogP contribution in [-0.4, -0.2) is 17.4 Å². The SMILES string of the molecule is C=CC(C)(C)OC(=O)C1(CC(C)(C)C)OO1. The summed E-state index contributed by atoms with van der Waals surface area (Å²) in [6, 6.07) is 0. The Morgan fingerprint density at radius 3 is 2.12 bits per heavy atom. The number of hydrogen-bond acceptors (Lipinski definition) is 4. The molecule has 0 N–H and O–H groups in total. The molecule has 0 aromatic rings. The molecule has 0 spiro atoms. The fourth-order valence-corrected chi connectivity index (χ4v) is 1.31. The topological polar surface area (TPSA) is 51.4 Å². The van der Waals surface area contributed by atoms with Crippen molar-refractivity contribution in [3.8, 4) is 0 Å². The number of esters is 1. The standard InChI is InChI=1S/C12H20O4/c1-7-11(5,6)14-9(13)12(15-16-12)8-10(2,3)4/h7H,1,8H2,2-6H3. The van der Waals surface area contributed by atoms with Gasteiger partial charge in [-0.25, -0.2) is 4.79 Å². The lowest BCUT2D eigenvalue weighted by Crippen LogP contribution is -2.37. The minimum Gasteiger partial charge on any atom is -0.451 e. The van der Waals surface area contributed by atoms with E-state index in [-0.39, 0.29) is 5.41 Å². The van der Waals surface area contributed by atoms with Crippen molar-refractivity contribution in [3.63, 3.8) is 0 Å². The molecular formula is C12H20O4. The van der Waals surface area contributed by atoms with Crippen LogP contribution in [0.25, 0.3) is 0 Å². The van der Waals surface area contributed by atoms with E-state index in [9.17, 15) is 4.79 Å². The van der Waals surface area contributed by atoms with Gasteiger partial charge in [-0.1, -0.05) is 27.4 Å². The molecule has 0 saturated carbocycles. The summed E-state index contributed by atoms with van der Waals surface area (Å²) in [5.41, 5.74) is -0.787. The minimum absolute atomic E-state index is 0.0756. The van der Waals surface area contributed by atoms with E-state index in [1.165, 1.54) is 0 Å². The van der Waals surface area contributed by atoms with Crippen molar-refractivity contribution in [2.75, 3.05) is 0 Å². The molecule has 1 aliphatic heterocycles. The Bertz CT molecular complexity index is 295. The highest BCUT2D eigenvalue weighted by molar-refractivity contribution is 5.79. The molecule has 0 aliphatic carbocycles. The van der Waals surface area contributed by atoms with Gasteiger partial charge in [0.05, 0.1) is 0 Å². The van der Waals surface area contributed by atoms with Crippen LogP contribution in [0.3, 0.4) is 0 Å². The van der Waals surface area contributed by atoms with Gasteiger partial charge in [-0.15, -0.1) is 0 Å². The van der Waals surface area contributed by atoms with E-state index in [2.05, 4.69) is 6.58 Å². The third-order valence-corrected chi connectivity index (χ3v) is 2.21. The summed E-state index contributed by atoms with van der Waals surface area (Å²) in [6.07, 6.45) is 2.03. The van der Waals surface area contributed by atoms with Crippen LogP contribution in [0.5, 0.6) is 0 Å². The number of carbonyl (C=O) groups excluding carboxylic acids is 1. The number of carbonyl (C=O) groups is 1. The number of hydrogen-bond donors (Lipinski definition) is 0. The molecule has 0 radical (unpaired) electrons. The van der Waals surface area contributed by atoms with Gasteiger partial charge in [0.1, 0.15) is 5.60 Å². The molecule has 1 aliphatic rings.